The van der Waals surface area contributed by atoms with E-state index in [1.807, 2.05) is 6.92 Å². The van der Waals surface area contributed by atoms with Crippen molar-refractivity contribution >= 4 is 17.8 Å². The predicted octanol–water partition coefficient (Wildman–Crippen LogP) is -0.994. The van der Waals surface area contributed by atoms with E-state index in [9.17, 15) is 19.5 Å². The molecule has 2 rings (SSSR count). The Hall–Kier alpha value is -2.01. The summed E-state index contributed by atoms with van der Waals surface area (Å²) in [5.41, 5.74) is 0. The third-order valence-corrected chi connectivity index (χ3v) is 4.45. The summed E-state index contributed by atoms with van der Waals surface area (Å²) in [5, 5.41) is 15.2. The Bertz CT molecular complexity index is 621. The van der Waals surface area contributed by atoms with Gasteiger partial charge in [-0.25, -0.2) is 0 Å². The molecule has 0 bridgehead atoms. The van der Waals surface area contributed by atoms with E-state index in [0.717, 1.165) is 0 Å². The van der Waals surface area contributed by atoms with Crippen LogP contribution in [0, 0.1) is 0 Å². The SMILES string of the molecule is COC(=O)CNC(=O)CNC(=O)/C=C/C[C@@H]1O[C@@H](C)[C@H]2OC(C)(C)O[C@H]2[C@@H]1O. The number of nitrogens with one attached hydrogen (secondary N) is 2. The van der Waals surface area contributed by atoms with Crippen LogP contribution in [0.5, 0.6) is 0 Å². The molecule has 10 nitrogen and oxygen atoms in total. The summed E-state index contributed by atoms with van der Waals surface area (Å²) in [7, 11) is 1.21. The maximum atomic E-state index is 11.8. The van der Waals surface area contributed by atoms with Crippen molar-refractivity contribution < 1.29 is 38.4 Å². The van der Waals surface area contributed by atoms with Gasteiger partial charge in [-0.1, -0.05) is 6.08 Å². The van der Waals surface area contributed by atoms with Gasteiger partial charge in [-0.15, -0.1) is 0 Å². The van der Waals surface area contributed by atoms with E-state index in [2.05, 4.69) is 15.4 Å². The van der Waals surface area contributed by atoms with Crippen molar-refractivity contribution in [1.29, 1.82) is 0 Å². The van der Waals surface area contributed by atoms with Gasteiger partial charge in [-0.2, -0.15) is 0 Å². The van der Waals surface area contributed by atoms with Crippen molar-refractivity contribution in [1.82, 2.24) is 10.6 Å². The van der Waals surface area contributed by atoms with E-state index in [0.29, 0.717) is 6.42 Å². The first-order valence-corrected chi connectivity index (χ1v) is 9.10. The average molecular weight is 400 g/mol. The maximum Gasteiger partial charge on any atom is 0.325 e. The molecule has 0 saturated carbocycles. The lowest BCUT2D eigenvalue weighted by molar-refractivity contribution is -0.179. The summed E-state index contributed by atoms with van der Waals surface area (Å²) < 4.78 is 21.7. The Kier molecular flexibility index (Phi) is 7.53. The Morgan fingerprint density at radius 2 is 1.82 bits per heavy atom. The molecular formula is C18H28N2O8. The molecule has 0 aromatic heterocycles. The minimum absolute atomic E-state index is 0.263. The molecule has 0 unspecified atom stereocenters. The van der Waals surface area contributed by atoms with Crippen molar-refractivity contribution in [3.8, 4) is 0 Å². The van der Waals surface area contributed by atoms with Gasteiger partial charge in [0.1, 0.15) is 24.9 Å². The number of hydrogen-bond donors (Lipinski definition) is 3. The predicted molar refractivity (Wildman–Crippen MR) is 96.0 cm³/mol. The molecule has 0 radical (unpaired) electrons. The fraction of sp³-hybridized carbons (Fsp3) is 0.722. The summed E-state index contributed by atoms with van der Waals surface area (Å²) in [6, 6.07) is 0. The lowest BCUT2D eigenvalue weighted by Crippen LogP contribution is -2.55. The molecule has 2 fully saturated rings. The molecule has 10 heteroatoms. The summed E-state index contributed by atoms with van der Waals surface area (Å²) in [6.07, 6.45) is 0.573. The number of carbonyl (C=O) groups is 3. The normalized spacial score (nSPS) is 31.2. The molecule has 0 aliphatic carbocycles. The van der Waals surface area contributed by atoms with Crippen molar-refractivity contribution in [2.45, 2.75) is 63.5 Å². The molecule has 2 amide bonds. The van der Waals surface area contributed by atoms with Crippen molar-refractivity contribution in [2.24, 2.45) is 0 Å². The van der Waals surface area contributed by atoms with Gasteiger partial charge in [-0.05, 0) is 33.3 Å². The Morgan fingerprint density at radius 3 is 2.50 bits per heavy atom. The van der Waals surface area contributed by atoms with E-state index in [1.165, 1.54) is 13.2 Å². The summed E-state index contributed by atoms with van der Waals surface area (Å²) >= 11 is 0. The van der Waals surface area contributed by atoms with Crippen LogP contribution < -0.4 is 10.6 Å². The lowest BCUT2D eigenvalue weighted by Gasteiger charge is -2.38. The monoisotopic (exact) mass is 400 g/mol. The average Bonchev–Trinajstić information content (AvgIpc) is 2.98. The van der Waals surface area contributed by atoms with Crippen LogP contribution in [0.4, 0.5) is 0 Å². The molecule has 28 heavy (non-hydrogen) atoms. The van der Waals surface area contributed by atoms with Crippen LogP contribution in [0.1, 0.15) is 27.2 Å². The first-order chi connectivity index (χ1) is 13.1. The highest BCUT2D eigenvalue weighted by Gasteiger charge is 2.53. The highest BCUT2D eigenvalue weighted by molar-refractivity contribution is 5.91. The summed E-state index contributed by atoms with van der Waals surface area (Å²) in [6.45, 7) is 4.88. The Labute approximate surface area is 163 Å². The smallest absolute Gasteiger partial charge is 0.325 e. The van der Waals surface area contributed by atoms with E-state index in [4.69, 9.17) is 14.2 Å². The van der Waals surface area contributed by atoms with Crippen LogP contribution >= 0.6 is 0 Å². The quantitative estimate of drug-likeness (QED) is 0.366. The van der Waals surface area contributed by atoms with E-state index in [1.54, 1.807) is 19.9 Å². The molecule has 158 valence electrons. The van der Waals surface area contributed by atoms with Crippen LogP contribution in [0.3, 0.4) is 0 Å². The standard InChI is InChI=1S/C18H28N2O8/c1-10-16-17(28-18(2,3)27-16)15(24)11(26-10)6-5-7-12(21)19-8-13(22)20-9-14(23)25-4/h5,7,10-11,15-17,24H,6,8-9H2,1-4H3,(H,19,21)(H,20,22)/b7-5+/t10-,11-,15+,16+,17-/m0/s1. The summed E-state index contributed by atoms with van der Waals surface area (Å²) in [4.78, 5) is 34.2. The van der Waals surface area contributed by atoms with Gasteiger partial charge >= 0.3 is 5.97 Å². The molecule has 3 N–H and O–H groups in total. The molecule has 0 spiro atoms. The number of ether oxygens (including phenoxy) is 4. The number of amides is 2. The number of carbonyl (C=O) groups excluding carboxylic acids is 3. The fourth-order valence-electron chi connectivity index (χ4n) is 3.13. The fourth-order valence-corrected chi connectivity index (χ4v) is 3.13. The lowest BCUT2D eigenvalue weighted by atomic mass is 9.94. The van der Waals surface area contributed by atoms with Gasteiger partial charge < -0.3 is 34.7 Å². The molecule has 2 saturated heterocycles. The zero-order valence-corrected chi connectivity index (χ0v) is 16.5. The largest absolute Gasteiger partial charge is 0.468 e. The van der Waals surface area contributed by atoms with Crippen LogP contribution in [0.25, 0.3) is 0 Å². The number of aliphatic hydroxyl groups is 1. The topological polar surface area (TPSA) is 132 Å². The molecule has 0 aromatic rings. The van der Waals surface area contributed by atoms with Gasteiger partial charge in [-0.3, -0.25) is 14.4 Å². The third-order valence-electron chi connectivity index (χ3n) is 4.45. The summed E-state index contributed by atoms with van der Waals surface area (Å²) in [5.74, 6) is -2.36. The van der Waals surface area contributed by atoms with Crippen molar-refractivity contribution in [3.05, 3.63) is 12.2 Å². The van der Waals surface area contributed by atoms with Crippen LogP contribution in [0.2, 0.25) is 0 Å². The Balaban J connectivity index is 1.75. The van der Waals surface area contributed by atoms with E-state index in [-0.39, 0.29) is 25.3 Å². The molecule has 0 aromatic carbocycles. The highest BCUT2D eigenvalue weighted by atomic mass is 16.8. The molecule has 2 heterocycles. The van der Waals surface area contributed by atoms with E-state index >= 15 is 0 Å². The second-order valence-electron chi connectivity index (χ2n) is 7.14. The van der Waals surface area contributed by atoms with Gasteiger partial charge in [0.25, 0.3) is 0 Å². The number of fused-ring (bicyclic) bond motifs is 1. The van der Waals surface area contributed by atoms with Gasteiger partial charge in [0, 0.05) is 0 Å². The molecule has 2 aliphatic rings. The van der Waals surface area contributed by atoms with Crippen LogP contribution in [-0.2, 0) is 33.3 Å². The minimum atomic E-state index is -0.889. The third kappa shape index (κ3) is 5.99. The molecule has 5 atom stereocenters. The zero-order valence-electron chi connectivity index (χ0n) is 16.5. The zero-order chi connectivity index (χ0) is 20.9. The number of esters is 1. The van der Waals surface area contributed by atoms with Crippen LogP contribution in [0.15, 0.2) is 12.2 Å². The number of methoxy groups -OCH3 is 1. The number of rotatable bonds is 7. The second kappa shape index (κ2) is 9.46. The second-order valence-corrected chi connectivity index (χ2v) is 7.14. The highest BCUT2D eigenvalue weighted by Crippen LogP contribution is 2.37. The maximum absolute atomic E-state index is 11.8. The first kappa shape index (κ1) is 22.3. The Morgan fingerprint density at radius 1 is 1.14 bits per heavy atom. The van der Waals surface area contributed by atoms with Gasteiger partial charge in [0.2, 0.25) is 11.8 Å². The first-order valence-electron chi connectivity index (χ1n) is 9.10. The number of aliphatic hydroxyl groups excluding tert-OH is 1. The molecule has 2 aliphatic heterocycles. The van der Waals surface area contributed by atoms with Crippen molar-refractivity contribution in [2.75, 3.05) is 20.2 Å². The molecular weight excluding hydrogens is 372 g/mol. The van der Waals surface area contributed by atoms with Gasteiger partial charge in [0.15, 0.2) is 5.79 Å². The number of hydrogen-bond acceptors (Lipinski definition) is 8. The van der Waals surface area contributed by atoms with E-state index < -0.39 is 41.9 Å². The van der Waals surface area contributed by atoms with Gasteiger partial charge in [0.05, 0.1) is 25.9 Å². The van der Waals surface area contributed by atoms with Crippen molar-refractivity contribution in [3.63, 3.8) is 0 Å². The van der Waals surface area contributed by atoms with Crippen LogP contribution in [-0.4, -0.2) is 79.4 Å². The minimum Gasteiger partial charge on any atom is -0.468 e.